The number of thioether (sulfide) groups is 1. The minimum Gasteiger partial charge on any atom is -0.543 e. The second kappa shape index (κ2) is 9.88. The summed E-state index contributed by atoms with van der Waals surface area (Å²) in [5.74, 6) is -2.23. The first-order valence-electron chi connectivity index (χ1n) is 9.02. The first-order chi connectivity index (χ1) is 14.4. The fourth-order valence-corrected chi connectivity index (χ4v) is 5.66. The molecule has 2 saturated heterocycles. The van der Waals surface area contributed by atoms with E-state index in [2.05, 4.69) is 15.5 Å². The number of carbonyl (C=O) groups is 3. The predicted octanol–water partition coefficient (Wildman–Crippen LogP) is -4.48. The molecule has 3 atom stereocenters. The van der Waals surface area contributed by atoms with Gasteiger partial charge in [-0.3, -0.25) is 14.5 Å². The van der Waals surface area contributed by atoms with Crippen molar-refractivity contribution in [2.75, 3.05) is 31.8 Å². The van der Waals surface area contributed by atoms with Gasteiger partial charge < -0.3 is 30.5 Å². The molecule has 0 aliphatic carbocycles. The van der Waals surface area contributed by atoms with Crippen LogP contribution in [0, 0.1) is 5.92 Å². The van der Waals surface area contributed by atoms with Crippen molar-refractivity contribution in [3.63, 3.8) is 0 Å². The van der Waals surface area contributed by atoms with E-state index in [9.17, 15) is 19.5 Å². The molecule has 2 fully saturated rings. The van der Waals surface area contributed by atoms with Gasteiger partial charge in [0.1, 0.15) is 24.2 Å². The zero-order valence-electron chi connectivity index (χ0n) is 16.8. The summed E-state index contributed by atoms with van der Waals surface area (Å²) in [5.41, 5.74) is 6.24. The van der Waals surface area contributed by atoms with Crippen LogP contribution < -0.4 is 45.7 Å². The number of thiazole rings is 1. The normalized spacial score (nSPS) is 25.5. The molecule has 0 radical (unpaired) electrons. The third-order valence-corrected chi connectivity index (χ3v) is 7.04. The van der Waals surface area contributed by atoms with Gasteiger partial charge in [-0.05, 0) is 12.0 Å². The average Bonchev–Trinajstić information content (AvgIpc) is 3.40. The van der Waals surface area contributed by atoms with Crippen molar-refractivity contribution in [2.24, 2.45) is 11.1 Å². The number of nitrogens with one attached hydrogen (secondary N) is 1. The molecule has 1 aromatic rings. The quantitative estimate of drug-likeness (QED) is 0.179. The molecule has 3 aliphatic rings. The van der Waals surface area contributed by atoms with Crippen molar-refractivity contribution < 1.29 is 58.6 Å². The van der Waals surface area contributed by atoms with E-state index in [1.54, 1.807) is 5.38 Å². The van der Waals surface area contributed by atoms with Crippen LogP contribution in [0.5, 0.6) is 0 Å². The third kappa shape index (κ3) is 4.47. The Labute approximate surface area is 207 Å². The molecule has 0 spiro atoms. The number of carboxylic acids is 1. The molecule has 4 heterocycles. The number of nitrogens with two attached hydrogens (primary N) is 1. The van der Waals surface area contributed by atoms with Gasteiger partial charge in [0.05, 0.1) is 18.3 Å². The van der Waals surface area contributed by atoms with Gasteiger partial charge in [0.15, 0.2) is 10.8 Å². The van der Waals surface area contributed by atoms with E-state index >= 15 is 0 Å². The van der Waals surface area contributed by atoms with Crippen LogP contribution in [-0.2, 0) is 24.0 Å². The number of aliphatic carboxylic acids is 1. The Morgan fingerprint density at radius 2 is 2.26 bits per heavy atom. The number of aromatic nitrogens is 1. The van der Waals surface area contributed by atoms with Crippen molar-refractivity contribution in [3.05, 3.63) is 22.3 Å². The van der Waals surface area contributed by atoms with E-state index in [0.29, 0.717) is 31.0 Å². The number of fused-ring (bicyclic) bond motifs is 1. The Morgan fingerprint density at radius 3 is 2.84 bits per heavy atom. The van der Waals surface area contributed by atoms with Gasteiger partial charge in [-0.15, -0.1) is 23.1 Å². The number of hydrogen-bond donors (Lipinski definition) is 2. The zero-order chi connectivity index (χ0) is 21.4. The van der Waals surface area contributed by atoms with Gasteiger partial charge in [-0.1, -0.05) is 5.16 Å². The summed E-state index contributed by atoms with van der Waals surface area (Å²) in [4.78, 5) is 47.2. The Morgan fingerprint density at radius 1 is 1.48 bits per heavy atom. The number of nitrogen functional groups attached to an aromatic ring is 1. The van der Waals surface area contributed by atoms with Crippen molar-refractivity contribution >= 4 is 51.7 Å². The van der Waals surface area contributed by atoms with Crippen LogP contribution in [0.25, 0.3) is 0 Å². The third-order valence-electron chi connectivity index (χ3n) is 5.06. The molecule has 0 saturated carbocycles. The SMILES string of the molecule is CO/N=C(\C(=O)N[C@@H]1C(=O)N2C(C(=O)[O-])=C(C3CCOC3)CS[C@H]12)c1csc(N)n1.[Na+]. The molecule has 0 aromatic carbocycles. The van der Waals surface area contributed by atoms with Crippen molar-refractivity contribution in [1.29, 1.82) is 0 Å². The van der Waals surface area contributed by atoms with E-state index < -0.39 is 29.2 Å². The predicted molar refractivity (Wildman–Crippen MR) is 106 cm³/mol. The van der Waals surface area contributed by atoms with Gasteiger partial charge in [-0.2, -0.15) is 0 Å². The van der Waals surface area contributed by atoms with E-state index in [4.69, 9.17) is 15.3 Å². The van der Waals surface area contributed by atoms with E-state index in [0.717, 1.165) is 11.3 Å². The molecular formula is C17H18N5NaO6S2. The number of rotatable bonds is 6. The van der Waals surface area contributed by atoms with E-state index in [1.807, 2.05) is 0 Å². The van der Waals surface area contributed by atoms with E-state index in [-0.39, 0.29) is 57.7 Å². The number of ether oxygens (including phenoxy) is 1. The van der Waals surface area contributed by atoms with Gasteiger partial charge in [0.25, 0.3) is 11.8 Å². The zero-order valence-corrected chi connectivity index (χ0v) is 20.5. The summed E-state index contributed by atoms with van der Waals surface area (Å²) in [6.07, 6.45) is 0.702. The van der Waals surface area contributed by atoms with Crippen molar-refractivity contribution in [2.45, 2.75) is 17.8 Å². The van der Waals surface area contributed by atoms with Crippen LogP contribution in [-0.4, -0.2) is 70.9 Å². The largest absolute Gasteiger partial charge is 1.00 e. The maximum absolute atomic E-state index is 12.8. The number of carboxylic acid groups (broad SMARTS) is 1. The van der Waals surface area contributed by atoms with Gasteiger partial charge in [-0.25, -0.2) is 4.98 Å². The number of nitrogens with zero attached hydrogens (tertiary/aromatic N) is 3. The Hall–Kier alpha value is -1.64. The molecule has 14 heteroatoms. The summed E-state index contributed by atoms with van der Waals surface area (Å²) in [5, 5.41) is 19.4. The maximum atomic E-state index is 12.8. The fraction of sp³-hybridized carbons (Fsp3) is 0.471. The maximum Gasteiger partial charge on any atom is 1.00 e. The van der Waals surface area contributed by atoms with Gasteiger partial charge in [0, 0.05) is 23.7 Å². The first-order valence-corrected chi connectivity index (χ1v) is 11.0. The second-order valence-corrected chi connectivity index (χ2v) is 8.77. The van der Waals surface area contributed by atoms with Crippen LogP contribution in [0.1, 0.15) is 12.1 Å². The number of hydrogen-bond acceptors (Lipinski definition) is 11. The summed E-state index contributed by atoms with van der Waals surface area (Å²) < 4.78 is 5.36. The number of amides is 2. The van der Waals surface area contributed by atoms with Crippen LogP contribution in [0.3, 0.4) is 0 Å². The summed E-state index contributed by atoms with van der Waals surface area (Å²) in [7, 11) is 1.28. The second-order valence-electron chi connectivity index (χ2n) is 6.78. The topological polar surface area (TPSA) is 159 Å². The van der Waals surface area contributed by atoms with Crippen LogP contribution in [0.2, 0.25) is 0 Å². The molecule has 11 nitrogen and oxygen atoms in total. The molecule has 3 aliphatic heterocycles. The molecule has 1 aromatic heterocycles. The molecule has 4 rings (SSSR count). The monoisotopic (exact) mass is 475 g/mol. The molecule has 2 amide bonds. The summed E-state index contributed by atoms with van der Waals surface area (Å²) >= 11 is 2.52. The average molecular weight is 475 g/mol. The number of oxime groups is 1. The van der Waals surface area contributed by atoms with Crippen LogP contribution in [0.15, 0.2) is 21.8 Å². The number of β-lactam (4-membered cyclic amide) rings is 1. The van der Waals surface area contributed by atoms with Gasteiger partial charge >= 0.3 is 29.6 Å². The fourth-order valence-electron chi connectivity index (χ4n) is 3.66. The number of carbonyl (C=O) groups excluding carboxylic acids is 3. The summed E-state index contributed by atoms with van der Waals surface area (Å²) in [6.45, 7) is 0.977. The smallest absolute Gasteiger partial charge is 0.543 e. The molecule has 1 unspecified atom stereocenters. The standard InChI is InChI=1S/C17H19N5O6S2.Na/c1-27-21-10(9-6-30-17(18)19-9)13(23)20-11-14(24)22-12(16(25)26)8(5-29-15(11)22)7-2-3-28-4-7;/h6-7,11,15H,2-5H2,1H3,(H2,18,19)(H,20,23)(H,25,26);/q;+1/p-1/b21-10-;/t7?,11-,15-;/m1./s1. The first kappa shape index (κ1) is 24.0. The molecule has 0 bridgehead atoms. The molecule has 160 valence electrons. The molecule has 3 N–H and O–H groups in total. The van der Waals surface area contributed by atoms with Crippen molar-refractivity contribution in [3.8, 4) is 0 Å². The molecular weight excluding hydrogens is 457 g/mol. The minimum atomic E-state index is -1.40. The Bertz CT molecular complexity index is 961. The molecule has 31 heavy (non-hydrogen) atoms. The van der Waals surface area contributed by atoms with Crippen molar-refractivity contribution in [1.82, 2.24) is 15.2 Å². The number of anilines is 1. The summed E-state index contributed by atoms with van der Waals surface area (Å²) in [6, 6.07) is -0.906. The Balaban J connectivity index is 0.00000272. The van der Waals surface area contributed by atoms with Crippen LogP contribution >= 0.6 is 23.1 Å². The van der Waals surface area contributed by atoms with E-state index in [1.165, 1.54) is 23.8 Å². The Kier molecular flexibility index (Phi) is 7.65. The van der Waals surface area contributed by atoms with Gasteiger partial charge in [0.2, 0.25) is 0 Å². The minimum absolute atomic E-state index is 0. The van der Waals surface area contributed by atoms with Crippen LogP contribution in [0.4, 0.5) is 5.13 Å².